The van der Waals surface area contributed by atoms with Gasteiger partial charge in [-0.2, -0.15) is 4.98 Å². The zero-order valence-electron chi connectivity index (χ0n) is 10.9. The molecule has 0 saturated carbocycles. The molecule has 0 amide bonds. The van der Waals surface area contributed by atoms with Crippen LogP contribution in [0.4, 0.5) is 10.2 Å². The molecule has 2 heterocycles. The highest BCUT2D eigenvalue weighted by Gasteiger charge is 2.49. The van der Waals surface area contributed by atoms with Crippen molar-refractivity contribution in [2.75, 3.05) is 5.73 Å². The maximum absolute atomic E-state index is 14.5. The highest BCUT2D eigenvalue weighted by Crippen LogP contribution is 2.41. The Morgan fingerprint density at radius 3 is 2.90 bits per heavy atom. The van der Waals surface area contributed by atoms with Gasteiger partial charge >= 0.3 is 5.69 Å². The van der Waals surface area contributed by atoms with Crippen molar-refractivity contribution in [2.45, 2.75) is 37.6 Å². The van der Waals surface area contributed by atoms with Crippen molar-refractivity contribution in [2.24, 2.45) is 0 Å². The van der Waals surface area contributed by atoms with Gasteiger partial charge in [0.05, 0.1) is 6.10 Å². The van der Waals surface area contributed by atoms with Crippen molar-refractivity contribution in [3.63, 3.8) is 0 Å². The van der Waals surface area contributed by atoms with Crippen LogP contribution in [-0.4, -0.2) is 39.1 Å². The third-order valence-electron chi connectivity index (χ3n) is 3.04. The van der Waals surface area contributed by atoms with E-state index in [1.165, 1.54) is 19.2 Å². The standard InChI is InChI=1S/C10H15FN3O5PS/c1-4(15)7-8(19-20(17)21)6(11)9(18-7)14-3-2-5(12)13-10(14)16/h2-4,6-9,15,20H,1H3,(H,17,21)(H2,12,13,16)/t4-,6-,7+,8?,9+/m0/s1. The summed E-state index contributed by atoms with van der Waals surface area (Å²) in [5, 5.41) is 9.62. The molecule has 11 heteroatoms. The van der Waals surface area contributed by atoms with Crippen LogP contribution in [0.3, 0.4) is 0 Å². The van der Waals surface area contributed by atoms with E-state index in [2.05, 4.69) is 17.2 Å². The average Bonchev–Trinajstić information content (AvgIpc) is 2.67. The van der Waals surface area contributed by atoms with Gasteiger partial charge in [-0.05, 0) is 13.0 Å². The zero-order chi connectivity index (χ0) is 15.7. The van der Waals surface area contributed by atoms with E-state index in [1.54, 1.807) is 0 Å². The van der Waals surface area contributed by atoms with E-state index < -0.39 is 43.6 Å². The smallest absolute Gasteiger partial charge is 0.351 e. The second kappa shape index (κ2) is 6.45. The summed E-state index contributed by atoms with van der Waals surface area (Å²) in [5.41, 5.74) is 4.56. The summed E-state index contributed by atoms with van der Waals surface area (Å²) in [4.78, 5) is 15.2. The Morgan fingerprint density at radius 1 is 1.71 bits per heavy atom. The summed E-state index contributed by atoms with van der Waals surface area (Å²) in [6, 6.07) is 1.31. The van der Waals surface area contributed by atoms with Crippen LogP contribution in [0.2, 0.25) is 0 Å². The molecule has 2 rings (SSSR count). The van der Waals surface area contributed by atoms with Gasteiger partial charge in [0.25, 0.3) is 0 Å². The molecule has 1 fully saturated rings. The van der Waals surface area contributed by atoms with Gasteiger partial charge in [-0.1, -0.05) is 12.2 Å². The fraction of sp³-hybridized carbons (Fsp3) is 0.600. The highest BCUT2D eigenvalue weighted by molar-refractivity contribution is 8.39. The molecule has 6 atom stereocenters. The summed E-state index contributed by atoms with van der Waals surface area (Å²) >= 11 is 3.60. The normalized spacial score (nSPS) is 32.0. The van der Waals surface area contributed by atoms with Crippen molar-refractivity contribution in [3.8, 4) is 0 Å². The van der Waals surface area contributed by atoms with E-state index in [9.17, 15) is 18.9 Å². The van der Waals surface area contributed by atoms with Gasteiger partial charge in [-0.15, -0.1) is 0 Å². The lowest BCUT2D eigenvalue weighted by atomic mass is 10.1. The molecule has 118 valence electrons. The molecule has 0 bridgehead atoms. The number of nitrogen functional groups attached to an aromatic ring is 1. The number of nitrogens with zero attached hydrogens (tertiary/aromatic N) is 2. The molecule has 0 spiro atoms. The molecule has 1 aliphatic rings. The summed E-state index contributed by atoms with van der Waals surface area (Å²) in [6.07, 6.45) is -5.43. The summed E-state index contributed by atoms with van der Waals surface area (Å²) in [6.45, 7) is 1.37. The van der Waals surface area contributed by atoms with Gasteiger partial charge in [-0.25, -0.2) is 9.18 Å². The Hall–Kier alpha value is -0.930. The third-order valence-corrected chi connectivity index (χ3v) is 3.83. The number of anilines is 1. The number of hydrogen-bond donors (Lipinski definition) is 3. The quantitative estimate of drug-likeness (QED) is 0.528. The van der Waals surface area contributed by atoms with E-state index in [4.69, 9.17) is 15.0 Å². The topological polar surface area (TPSA) is 117 Å². The van der Waals surface area contributed by atoms with Crippen molar-refractivity contribution in [3.05, 3.63) is 22.7 Å². The van der Waals surface area contributed by atoms with Crippen molar-refractivity contribution < 1.29 is 23.3 Å². The molecule has 1 aromatic heterocycles. The van der Waals surface area contributed by atoms with E-state index in [0.717, 1.165) is 4.57 Å². The zero-order valence-corrected chi connectivity index (χ0v) is 12.8. The molecule has 2 unspecified atom stereocenters. The molecule has 0 aromatic carbocycles. The number of alkyl halides is 1. The molecule has 1 aliphatic heterocycles. The van der Waals surface area contributed by atoms with Crippen LogP contribution in [0.25, 0.3) is 0 Å². The number of aliphatic hydroxyl groups excluding tert-OH is 1. The maximum Gasteiger partial charge on any atom is 0.351 e. The molecule has 0 aliphatic carbocycles. The van der Waals surface area contributed by atoms with Crippen LogP contribution < -0.4 is 11.4 Å². The van der Waals surface area contributed by atoms with E-state index in [1.807, 2.05) is 0 Å². The fourth-order valence-corrected chi connectivity index (χ4v) is 2.99. The van der Waals surface area contributed by atoms with E-state index in [0.29, 0.717) is 0 Å². The van der Waals surface area contributed by atoms with Crippen LogP contribution in [-0.2, 0) is 13.8 Å². The molecular formula is C10H15FN3O5PS. The number of rotatable bonds is 4. The molecule has 21 heavy (non-hydrogen) atoms. The number of ether oxygens (including phenoxy) is 1. The summed E-state index contributed by atoms with van der Waals surface area (Å²) in [5.74, 6) is -0.00931. The summed E-state index contributed by atoms with van der Waals surface area (Å²) in [7, 11) is -2.75. The minimum absolute atomic E-state index is 0.00931. The number of nitrogens with two attached hydrogens (primary N) is 1. The predicted molar refractivity (Wildman–Crippen MR) is 76.3 cm³/mol. The van der Waals surface area contributed by atoms with Gasteiger partial charge in [0.15, 0.2) is 12.4 Å². The SMILES string of the molecule is C[C@H](O)[C@H]1O[C@@H](n2ccc(N)nc2=O)[C@@H](F)C1O[PH](=O)S. The highest BCUT2D eigenvalue weighted by atomic mass is 32.7. The molecule has 0 radical (unpaired) electrons. The van der Waals surface area contributed by atoms with Gasteiger partial charge in [0.1, 0.15) is 18.0 Å². The van der Waals surface area contributed by atoms with Crippen LogP contribution in [0.1, 0.15) is 13.2 Å². The van der Waals surface area contributed by atoms with Crippen LogP contribution in [0.5, 0.6) is 0 Å². The summed E-state index contributed by atoms with van der Waals surface area (Å²) < 4.78 is 36.7. The fourth-order valence-electron chi connectivity index (χ4n) is 2.13. The Kier molecular flexibility index (Phi) is 5.05. The second-order valence-corrected chi connectivity index (χ2v) is 6.43. The van der Waals surface area contributed by atoms with Crippen molar-refractivity contribution in [1.29, 1.82) is 0 Å². The number of aromatic nitrogens is 2. The third kappa shape index (κ3) is 3.46. The number of hydrogen-bond acceptors (Lipinski definition) is 7. The molecular weight excluding hydrogens is 324 g/mol. The van der Waals surface area contributed by atoms with Gasteiger partial charge in [0, 0.05) is 6.20 Å². The molecule has 3 N–H and O–H groups in total. The Balaban J connectivity index is 2.33. The first-order chi connectivity index (χ1) is 9.81. The lowest BCUT2D eigenvalue weighted by Gasteiger charge is -2.20. The number of thiol groups is 1. The Bertz CT molecular complexity index is 600. The first kappa shape index (κ1) is 16.4. The molecule has 1 aromatic rings. The van der Waals surface area contributed by atoms with E-state index in [-0.39, 0.29) is 5.82 Å². The Morgan fingerprint density at radius 2 is 2.38 bits per heavy atom. The van der Waals surface area contributed by atoms with Gasteiger partial charge in [0.2, 0.25) is 7.23 Å². The minimum Gasteiger partial charge on any atom is -0.391 e. The monoisotopic (exact) mass is 339 g/mol. The van der Waals surface area contributed by atoms with Crippen LogP contribution in [0.15, 0.2) is 17.1 Å². The Labute approximate surface area is 125 Å². The predicted octanol–water partition coefficient (Wildman–Crippen LogP) is 0.146. The van der Waals surface area contributed by atoms with E-state index >= 15 is 0 Å². The van der Waals surface area contributed by atoms with Gasteiger partial charge < -0.3 is 20.1 Å². The molecule has 1 saturated heterocycles. The minimum atomic E-state index is -2.75. The average molecular weight is 339 g/mol. The number of aliphatic hydroxyl groups is 1. The lowest BCUT2D eigenvalue weighted by Crippen LogP contribution is -2.37. The van der Waals surface area contributed by atoms with Crippen LogP contribution >= 0.6 is 19.5 Å². The first-order valence-corrected chi connectivity index (χ1v) is 8.63. The first-order valence-electron chi connectivity index (χ1n) is 6.03. The second-order valence-electron chi connectivity index (χ2n) is 4.57. The largest absolute Gasteiger partial charge is 0.391 e. The lowest BCUT2D eigenvalue weighted by molar-refractivity contribution is -0.0747. The van der Waals surface area contributed by atoms with Crippen molar-refractivity contribution in [1.82, 2.24) is 9.55 Å². The van der Waals surface area contributed by atoms with Crippen molar-refractivity contribution >= 4 is 25.3 Å². The van der Waals surface area contributed by atoms with Gasteiger partial charge in [-0.3, -0.25) is 9.13 Å². The number of halogens is 1. The maximum atomic E-state index is 14.5. The van der Waals surface area contributed by atoms with Crippen LogP contribution in [0, 0.1) is 0 Å². The molecule has 8 nitrogen and oxygen atoms in total.